The smallest absolute Gasteiger partial charge is 0.196 e. The van der Waals surface area contributed by atoms with Crippen LogP contribution in [0.5, 0.6) is 0 Å². The molecule has 0 aliphatic carbocycles. The second-order valence-electron chi connectivity index (χ2n) is 4.98. The average Bonchev–Trinajstić information content (AvgIpc) is 2.76. The molecule has 20 heavy (non-hydrogen) atoms. The van der Waals surface area contributed by atoms with E-state index in [0.717, 1.165) is 10.9 Å². The Kier molecular flexibility index (Phi) is 3.11. The Morgan fingerprint density at radius 3 is 2.60 bits per heavy atom. The highest BCUT2D eigenvalue weighted by Crippen LogP contribution is 2.26. The standard InChI is InChI=1S/C17H14ClNO/c1-11-7-8-12-14(10-19(2)16(12)9-11)17(20)13-5-3-4-6-15(13)18/h3-10H,1-2H3. The molecule has 3 aromatic rings. The lowest BCUT2D eigenvalue weighted by Gasteiger charge is -2.02. The van der Waals surface area contributed by atoms with Crippen LogP contribution >= 0.6 is 11.6 Å². The van der Waals surface area contributed by atoms with Gasteiger partial charge in [0.05, 0.1) is 5.02 Å². The first-order valence-electron chi connectivity index (χ1n) is 6.43. The van der Waals surface area contributed by atoms with Gasteiger partial charge in [0.25, 0.3) is 0 Å². The Hall–Kier alpha value is -2.06. The number of aryl methyl sites for hydroxylation is 2. The summed E-state index contributed by atoms with van der Waals surface area (Å²) >= 11 is 6.12. The number of ketones is 1. The van der Waals surface area contributed by atoms with Crippen molar-refractivity contribution in [2.75, 3.05) is 0 Å². The lowest BCUT2D eigenvalue weighted by atomic mass is 10.0. The third-order valence-electron chi connectivity index (χ3n) is 3.51. The van der Waals surface area contributed by atoms with Crippen molar-refractivity contribution >= 4 is 28.3 Å². The Morgan fingerprint density at radius 1 is 1.10 bits per heavy atom. The summed E-state index contributed by atoms with van der Waals surface area (Å²) in [6.07, 6.45) is 1.87. The SMILES string of the molecule is Cc1ccc2c(C(=O)c3ccccc3Cl)cn(C)c2c1. The fourth-order valence-electron chi connectivity index (χ4n) is 2.47. The number of rotatable bonds is 2. The van der Waals surface area contributed by atoms with Crippen molar-refractivity contribution in [3.05, 3.63) is 70.4 Å². The molecule has 3 heteroatoms. The second kappa shape index (κ2) is 4.80. The molecule has 0 fully saturated rings. The van der Waals surface area contributed by atoms with Crippen LogP contribution in [0.2, 0.25) is 5.02 Å². The van der Waals surface area contributed by atoms with Crippen molar-refractivity contribution in [3.8, 4) is 0 Å². The van der Waals surface area contributed by atoms with Crippen LogP contribution < -0.4 is 0 Å². The molecule has 2 aromatic carbocycles. The number of hydrogen-bond donors (Lipinski definition) is 0. The van der Waals surface area contributed by atoms with Crippen LogP contribution in [0, 0.1) is 6.92 Å². The van der Waals surface area contributed by atoms with Gasteiger partial charge in [-0.2, -0.15) is 0 Å². The van der Waals surface area contributed by atoms with E-state index in [9.17, 15) is 4.79 Å². The molecule has 0 N–H and O–H groups in total. The first-order chi connectivity index (χ1) is 9.58. The second-order valence-corrected chi connectivity index (χ2v) is 5.39. The molecule has 100 valence electrons. The van der Waals surface area contributed by atoms with Crippen molar-refractivity contribution in [1.29, 1.82) is 0 Å². The molecule has 0 atom stereocenters. The lowest BCUT2D eigenvalue weighted by molar-refractivity contribution is 0.104. The predicted octanol–water partition coefficient (Wildman–Crippen LogP) is 4.37. The maximum Gasteiger partial charge on any atom is 0.196 e. The summed E-state index contributed by atoms with van der Waals surface area (Å²) in [5, 5.41) is 1.45. The van der Waals surface area contributed by atoms with E-state index in [4.69, 9.17) is 11.6 Å². The van der Waals surface area contributed by atoms with Gasteiger partial charge in [0, 0.05) is 35.3 Å². The van der Waals surface area contributed by atoms with Gasteiger partial charge in [-0.15, -0.1) is 0 Å². The minimum absolute atomic E-state index is 0.0370. The summed E-state index contributed by atoms with van der Waals surface area (Å²) in [5.74, 6) is -0.0370. The largest absolute Gasteiger partial charge is 0.350 e. The zero-order chi connectivity index (χ0) is 14.3. The number of halogens is 1. The van der Waals surface area contributed by atoms with Gasteiger partial charge in [0.1, 0.15) is 0 Å². The van der Waals surface area contributed by atoms with Crippen LogP contribution in [-0.2, 0) is 7.05 Å². The highest BCUT2D eigenvalue weighted by molar-refractivity contribution is 6.35. The Balaban J connectivity index is 2.21. The molecule has 0 saturated heterocycles. The fourth-order valence-corrected chi connectivity index (χ4v) is 2.69. The summed E-state index contributed by atoms with van der Waals surface area (Å²) in [7, 11) is 1.95. The van der Waals surface area contributed by atoms with Crippen molar-refractivity contribution in [3.63, 3.8) is 0 Å². The van der Waals surface area contributed by atoms with Crippen molar-refractivity contribution in [1.82, 2.24) is 4.57 Å². The average molecular weight is 284 g/mol. The van der Waals surface area contributed by atoms with Crippen molar-refractivity contribution in [2.24, 2.45) is 7.05 Å². The van der Waals surface area contributed by atoms with Gasteiger partial charge in [0.2, 0.25) is 0 Å². The summed E-state index contributed by atoms with van der Waals surface area (Å²) in [6.45, 7) is 2.04. The van der Waals surface area contributed by atoms with Gasteiger partial charge in [-0.1, -0.05) is 35.9 Å². The number of aromatic nitrogens is 1. The molecule has 0 aliphatic rings. The fraction of sp³-hybridized carbons (Fsp3) is 0.118. The molecule has 1 aromatic heterocycles. The van der Waals surface area contributed by atoms with E-state index < -0.39 is 0 Å². The van der Waals surface area contributed by atoms with E-state index in [1.165, 1.54) is 5.56 Å². The van der Waals surface area contributed by atoms with Gasteiger partial charge in [0.15, 0.2) is 5.78 Å². The number of carbonyl (C=O) groups excluding carboxylic acids is 1. The third-order valence-corrected chi connectivity index (χ3v) is 3.84. The van der Waals surface area contributed by atoms with Gasteiger partial charge in [-0.25, -0.2) is 0 Å². The molecule has 1 heterocycles. The normalized spacial score (nSPS) is 10.9. The van der Waals surface area contributed by atoms with E-state index in [0.29, 0.717) is 16.1 Å². The van der Waals surface area contributed by atoms with Crippen LogP contribution in [0.25, 0.3) is 10.9 Å². The zero-order valence-corrected chi connectivity index (χ0v) is 12.1. The van der Waals surface area contributed by atoms with Crippen molar-refractivity contribution in [2.45, 2.75) is 6.92 Å². The minimum atomic E-state index is -0.0370. The highest BCUT2D eigenvalue weighted by atomic mass is 35.5. The Labute approximate surface area is 122 Å². The Morgan fingerprint density at radius 2 is 1.85 bits per heavy atom. The topological polar surface area (TPSA) is 22.0 Å². The molecule has 0 spiro atoms. The van der Waals surface area contributed by atoms with E-state index in [1.54, 1.807) is 12.1 Å². The predicted molar refractivity (Wildman–Crippen MR) is 82.5 cm³/mol. The molecule has 0 amide bonds. The molecule has 0 bridgehead atoms. The molecule has 0 unspecified atom stereocenters. The molecule has 0 radical (unpaired) electrons. The molecule has 2 nitrogen and oxygen atoms in total. The lowest BCUT2D eigenvalue weighted by Crippen LogP contribution is -2.01. The molecular formula is C17H14ClNO. The van der Waals surface area contributed by atoms with E-state index >= 15 is 0 Å². The molecule has 0 saturated carbocycles. The van der Waals surface area contributed by atoms with Gasteiger partial charge in [-0.05, 0) is 30.7 Å². The summed E-state index contributed by atoms with van der Waals surface area (Å²) in [6, 6.07) is 13.3. The van der Waals surface area contributed by atoms with Crippen LogP contribution in [0.4, 0.5) is 0 Å². The number of fused-ring (bicyclic) bond motifs is 1. The van der Waals surface area contributed by atoms with Gasteiger partial charge >= 0.3 is 0 Å². The maximum absolute atomic E-state index is 12.7. The monoisotopic (exact) mass is 283 g/mol. The third kappa shape index (κ3) is 2.02. The number of hydrogen-bond acceptors (Lipinski definition) is 1. The van der Waals surface area contributed by atoms with E-state index in [-0.39, 0.29) is 5.78 Å². The Bertz CT molecular complexity index is 817. The van der Waals surface area contributed by atoms with Crippen molar-refractivity contribution < 1.29 is 4.79 Å². The zero-order valence-electron chi connectivity index (χ0n) is 11.4. The number of benzene rings is 2. The highest BCUT2D eigenvalue weighted by Gasteiger charge is 2.17. The first kappa shape index (κ1) is 12.9. The quantitative estimate of drug-likeness (QED) is 0.640. The summed E-state index contributed by atoms with van der Waals surface area (Å²) < 4.78 is 1.98. The van der Waals surface area contributed by atoms with E-state index in [2.05, 4.69) is 6.07 Å². The number of carbonyl (C=O) groups is 1. The molecule has 3 rings (SSSR count). The summed E-state index contributed by atoms with van der Waals surface area (Å²) in [5.41, 5.74) is 3.47. The first-order valence-corrected chi connectivity index (χ1v) is 6.80. The number of nitrogens with zero attached hydrogens (tertiary/aromatic N) is 1. The van der Waals surface area contributed by atoms with Crippen LogP contribution in [0.3, 0.4) is 0 Å². The van der Waals surface area contributed by atoms with E-state index in [1.807, 2.05) is 49.0 Å². The van der Waals surface area contributed by atoms with Crippen LogP contribution in [0.1, 0.15) is 21.5 Å². The van der Waals surface area contributed by atoms with Crippen LogP contribution in [-0.4, -0.2) is 10.4 Å². The maximum atomic E-state index is 12.7. The molecule has 0 aliphatic heterocycles. The minimum Gasteiger partial charge on any atom is -0.350 e. The van der Waals surface area contributed by atoms with Gasteiger partial charge < -0.3 is 4.57 Å². The molecular weight excluding hydrogens is 270 g/mol. The van der Waals surface area contributed by atoms with Crippen LogP contribution in [0.15, 0.2) is 48.7 Å². The summed E-state index contributed by atoms with van der Waals surface area (Å²) in [4.78, 5) is 12.7. The van der Waals surface area contributed by atoms with Gasteiger partial charge in [-0.3, -0.25) is 4.79 Å².